The molecule has 0 aliphatic heterocycles. The molecule has 5 nitrogen and oxygen atoms in total. The molecule has 1 aliphatic carbocycles. The average molecular weight is 419 g/mol. The molecule has 1 fully saturated rings. The van der Waals surface area contributed by atoms with Crippen molar-refractivity contribution in [3.63, 3.8) is 0 Å². The van der Waals surface area contributed by atoms with Crippen LogP contribution in [0.5, 0.6) is 5.75 Å². The molecule has 5 heteroatoms. The maximum atomic E-state index is 12.3. The summed E-state index contributed by atoms with van der Waals surface area (Å²) in [5, 5.41) is 0. The molecule has 1 aliphatic rings. The molecule has 2 aromatic heterocycles. The largest absolute Gasteiger partial charge is 0.454 e. The van der Waals surface area contributed by atoms with Crippen LogP contribution in [0.3, 0.4) is 0 Å². The van der Waals surface area contributed by atoms with Gasteiger partial charge in [-0.3, -0.25) is 0 Å². The highest BCUT2D eigenvalue weighted by molar-refractivity contribution is 5.88. The Hall–Kier alpha value is -2.95. The Morgan fingerprint density at radius 1 is 1.00 bits per heavy atom. The summed E-state index contributed by atoms with van der Waals surface area (Å²) >= 11 is 0. The van der Waals surface area contributed by atoms with Gasteiger partial charge in [0.1, 0.15) is 5.76 Å². The minimum absolute atomic E-state index is 0.203. The molecule has 3 aromatic rings. The molecule has 0 N–H and O–H groups in total. The highest BCUT2D eigenvalue weighted by Gasteiger charge is 2.16. The van der Waals surface area contributed by atoms with E-state index in [0.717, 1.165) is 37.0 Å². The lowest BCUT2D eigenvalue weighted by atomic mass is 9.84. The van der Waals surface area contributed by atoms with E-state index in [4.69, 9.17) is 9.15 Å². The minimum Gasteiger partial charge on any atom is -0.454 e. The maximum absolute atomic E-state index is 12.3. The molecular formula is C26H30N2O3. The molecule has 0 radical (unpaired) electrons. The van der Waals surface area contributed by atoms with E-state index in [0.29, 0.717) is 17.5 Å². The number of rotatable bonds is 8. The lowest BCUT2D eigenvalue weighted by Crippen LogP contribution is -2.08. The first kappa shape index (κ1) is 21.3. The van der Waals surface area contributed by atoms with Crippen molar-refractivity contribution in [3.8, 4) is 17.1 Å². The molecule has 0 bridgehead atoms. The van der Waals surface area contributed by atoms with Gasteiger partial charge in [-0.15, -0.1) is 0 Å². The normalized spacial score (nSPS) is 14.5. The lowest BCUT2D eigenvalue weighted by molar-refractivity contribution is 0.0698. The monoisotopic (exact) mass is 418 g/mol. The van der Waals surface area contributed by atoms with Gasteiger partial charge in [-0.05, 0) is 42.9 Å². The lowest BCUT2D eigenvalue weighted by Gasteiger charge is -2.22. The molecule has 2 heterocycles. The number of esters is 1. The Labute approximate surface area is 183 Å². The molecule has 4 rings (SSSR count). The van der Waals surface area contributed by atoms with E-state index in [-0.39, 0.29) is 5.76 Å². The fourth-order valence-corrected chi connectivity index (χ4v) is 4.19. The number of carbonyl (C=O) groups excluding carboxylic acids is 1. The third-order valence-corrected chi connectivity index (χ3v) is 5.97. The topological polar surface area (TPSA) is 65.2 Å². The van der Waals surface area contributed by atoms with Crippen molar-refractivity contribution in [1.82, 2.24) is 9.97 Å². The Morgan fingerprint density at radius 2 is 1.74 bits per heavy atom. The fourth-order valence-electron chi connectivity index (χ4n) is 4.19. The standard InChI is InChI=1S/C26H30N2O3/c1-2-3-5-10-22-15-16-24(30-22)26(29)31-23-17-27-25(28-18-23)21-13-11-20(12-14-21)19-8-6-4-7-9-19/h11-19H,2-10H2,1H3. The van der Waals surface area contributed by atoms with Gasteiger partial charge in [0.15, 0.2) is 11.6 Å². The van der Waals surface area contributed by atoms with Gasteiger partial charge >= 0.3 is 5.97 Å². The number of aromatic nitrogens is 2. The number of hydrogen-bond acceptors (Lipinski definition) is 5. The smallest absolute Gasteiger partial charge is 0.379 e. The number of benzene rings is 1. The van der Waals surface area contributed by atoms with Crippen LogP contribution < -0.4 is 4.74 Å². The molecule has 1 aromatic carbocycles. The van der Waals surface area contributed by atoms with Crippen LogP contribution >= 0.6 is 0 Å². The summed E-state index contributed by atoms with van der Waals surface area (Å²) in [6.07, 6.45) is 13.8. The van der Waals surface area contributed by atoms with Gasteiger partial charge in [-0.1, -0.05) is 63.3 Å². The third-order valence-electron chi connectivity index (χ3n) is 5.97. The van der Waals surface area contributed by atoms with Gasteiger partial charge in [0.2, 0.25) is 5.76 Å². The van der Waals surface area contributed by atoms with Crippen LogP contribution in [0, 0.1) is 0 Å². The Balaban J connectivity index is 1.35. The summed E-state index contributed by atoms with van der Waals surface area (Å²) in [4.78, 5) is 21.1. The van der Waals surface area contributed by atoms with E-state index >= 15 is 0 Å². The quantitative estimate of drug-likeness (QED) is 0.299. The van der Waals surface area contributed by atoms with Crippen molar-refractivity contribution in [3.05, 3.63) is 65.9 Å². The van der Waals surface area contributed by atoms with Crippen molar-refractivity contribution >= 4 is 5.97 Å². The van der Waals surface area contributed by atoms with Crippen LogP contribution in [-0.4, -0.2) is 15.9 Å². The highest BCUT2D eigenvalue weighted by atomic mass is 16.5. The third kappa shape index (κ3) is 5.60. The van der Waals surface area contributed by atoms with Crippen molar-refractivity contribution in [1.29, 1.82) is 0 Å². The number of furan rings is 1. The summed E-state index contributed by atoms with van der Waals surface area (Å²) in [6.45, 7) is 2.16. The maximum Gasteiger partial charge on any atom is 0.379 e. The number of carbonyl (C=O) groups is 1. The predicted molar refractivity (Wildman–Crippen MR) is 120 cm³/mol. The summed E-state index contributed by atoms with van der Waals surface area (Å²) in [5.41, 5.74) is 2.36. The molecule has 1 saturated carbocycles. The highest BCUT2D eigenvalue weighted by Crippen LogP contribution is 2.33. The van der Waals surface area contributed by atoms with E-state index in [9.17, 15) is 4.79 Å². The molecule has 162 valence electrons. The van der Waals surface area contributed by atoms with Gasteiger partial charge in [0.05, 0.1) is 12.4 Å². The van der Waals surface area contributed by atoms with E-state index in [2.05, 4.69) is 41.2 Å². The molecule has 0 saturated heterocycles. The van der Waals surface area contributed by atoms with Crippen molar-refractivity contribution in [2.75, 3.05) is 0 Å². The van der Waals surface area contributed by atoms with Crippen molar-refractivity contribution < 1.29 is 13.9 Å². The Morgan fingerprint density at radius 3 is 2.45 bits per heavy atom. The zero-order valence-electron chi connectivity index (χ0n) is 18.2. The Kier molecular flexibility index (Phi) is 7.13. The van der Waals surface area contributed by atoms with Gasteiger partial charge in [-0.2, -0.15) is 0 Å². The Bertz CT molecular complexity index is 971. The molecule has 0 amide bonds. The minimum atomic E-state index is -0.532. The summed E-state index contributed by atoms with van der Waals surface area (Å²) in [5.74, 6) is 2.08. The van der Waals surface area contributed by atoms with E-state index < -0.39 is 5.97 Å². The first-order valence-corrected chi connectivity index (χ1v) is 11.5. The zero-order chi connectivity index (χ0) is 21.5. The average Bonchev–Trinajstić information content (AvgIpc) is 3.30. The molecular weight excluding hydrogens is 388 g/mol. The number of unbranched alkanes of at least 4 members (excludes halogenated alkanes) is 2. The van der Waals surface area contributed by atoms with Gasteiger partial charge in [0, 0.05) is 12.0 Å². The van der Waals surface area contributed by atoms with Crippen LogP contribution in [0.15, 0.2) is 53.2 Å². The van der Waals surface area contributed by atoms with E-state index in [1.54, 1.807) is 6.07 Å². The second-order valence-electron chi connectivity index (χ2n) is 8.31. The first-order chi connectivity index (χ1) is 15.2. The first-order valence-electron chi connectivity index (χ1n) is 11.5. The van der Waals surface area contributed by atoms with Crippen LogP contribution in [0.25, 0.3) is 11.4 Å². The molecule has 31 heavy (non-hydrogen) atoms. The van der Waals surface area contributed by atoms with Crippen LogP contribution in [-0.2, 0) is 6.42 Å². The number of aryl methyl sites for hydroxylation is 1. The summed E-state index contributed by atoms with van der Waals surface area (Å²) < 4.78 is 11.0. The summed E-state index contributed by atoms with van der Waals surface area (Å²) in [6, 6.07) is 12.0. The van der Waals surface area contributed by atoms with Gasteiger partial charge in [0.25, 0.3) is 0 Å². The molecule has 0 unspecified atom stereocenters. The second-order valence-corrected chi connectivity index (χ2v) is 8.31. The number of hydrogen-bond donors (Lipinski definition) is 0. The van der Waals surface area contributed by atoms with Gasteiger partial charge in [-0.25, -0.2) is 14.8 Å². The summed E-state index contributed by atoms with van der Waals surface area (Å²) in [7, 11) is 0. The van der Waals surface area contributed by atoms with Gasteiger partial charge < -0.3 is 9.15 Å². The zero-order valence-corrected chi connectivity index (χ0v) is 18.2. The molecule has 0 spiro atoms. The number of ether oxygens (including phenoxy) is 1. The SMILES string of the molecule is CCCCCc1ccc(C(=O)Oc2cnc(-c3ccc(C4CCCCC4)cc3)nc2)o1. The second kappa shape index (κ2) is 10.4. The number of nitrogens with zero attached hydrogens (tertiary/aromatic N) is 2. The van der Waals surface area contributed by atoms with E-state index in [1.165, 1.54) is 50.1 Å². The van der Waals surface area contributed by atoms with Crippen molar-refractivity contribution in [2.45, 2.75) is 70.6 Å². The van der Waals surface area contributed by atoms with E-state index in [1.807, 2.05) is 6.07 Å². The molecule has 0 atom stereocenters. The fraction of sp³-hybridized carbons (Fsp3) is 0.423. The van der Waals surface area contributed by atoms with Crippen LogP contribution in [0.2, 0.25) is 0 Å². The van der Waals surface area contributed by atoms with Crippen LogP contribution in [0.1, 0.15) is 86.1 Å². The predicted octanol–water partition coefficient (Wildman–Crippen LogP) is 6.74. The van der Waals surface area contributed by atoms with Crippen LogP contribution in [0.4, 0.5) is 0 Å². The van der Waals surface area contributed by atoms with Crippen molar-refractivity contribution in [2.24, 2.45) is 0 Å².